The van der Waals surface area contributed by atoms with Crippen LogP contribution in [0.1, 0.15) is 31.2 Å². The van der Waals surface area contributed by atoms with E-state index in [1.54, 1.807) is 0 Å². The maximum absolute atomic E-state index is 12.4. The average Bonchev–Trinajstić information content (AvgIpc) is 2.48. The van der Waals surface area contributed by atoms with E-state index in [4.69, 9.17) is 5.11 Å². The van der Waals surface area contributed by atoms with Gasteiger partial charge in [-0.25, -0.2) is 12.7 Å². The van der Waals surface area contributed by atoms with E-state index in [-0.39, 0.29) is 18.1 Å². The van der Waals surface area contributed by atoms with E-state index in [1.807, 2.05) is 30.3 Å². The molecular weight excluding hydrogens is 302 g/mol. The molecule has 0 radical (unpaired) electrons. The van der Waals surface area contributed by atoms with Crippen LogP contribution < -0.4 is 0 Å². The Labute approximate surface area is 132 Å². The van der Waals surface area contributed by atoms with Crippen LogP contribution in [0.4, 0.5) is 0 Å². The molecule has 1 aromatic carbocycles. The van der Waals surface area contributed by atoms with Gasteiger partial charge in [-0.15, -0.1) is 0 Å². The van der Waals surface area contributed by atoms with Gasteiger partial charge in [-0.3, -0.25) is 4.79 Å². The lowest BCUT2D eigenvalue weighted by atomic mass is 9.96. The van der Waals surface area contributed by atoms with E-state index < -0.39 is 16.0 Å². The molecule has 0 aromatic heterocycles. The molecule has 0 aliphatic carbocycles. The fourth-order valence-electron chi connectivity index (χ4n) is 2.93. The van der Waals surface area contributed by atoms with Crippen molar-refractivity contribution in [3.63, 3.8) is 0 Å². The Balaban J connectivity index is 1.85. The standard InChI is InChI=1S/C16H23NO4S/c18-16(19)12-15-8-4-10-17(13-15)22(20,21)11-5-9-14-6-2-1-3-7-14/h1-3,6-7,15H,4-5,8-13H2,(H,18,19). The van der Waals surface area contributed by atoms with Gasteiger partial charge in [0.15, 0.2) is 0 Å². The lowest BCUT2D eigenvalue weighted by Crippen LogP contribution is -2.41. The van der Waals surface area contributed by atoms with E-state index in [0.717, 1.165) is 24.8 Å². The topological polar surface area (TPSA) is 74.7 Å². The number of aryl methyl sites for hydroxylation is 1. The van der Waals surface area contributed by atoms with Crippen LogP contribution in [-0.2, 0) is 21.2 Å². The van der Waals surface area contributed by atoms with E-state index in [9.17, 15) is 13.2 Å². The molecule has 2 rings (SSSR count). The van der Waals surface area contributed by atoms with Gasteiger partial charge >= 0.3 is 5.97 Å². The third-order valence-electron chi connectivity index (χ3n) is 4.05. The second-order valence-corrected chi connectivity index (χ2v) is 7.96. The zero-order valence-corrected chi connectivity index (χ0v) is 13.5. The SMILES string of the molecule is O=C(O)CC1CCCN(S(=O)(=O)CCCc2ccccc2)C1. The van der Waals surface area contributed by atoms with Gasteiger partial charge in [-0.2, -0.15) is 0 Å². The highest BCUT2D eigenvalue weighted by atomic mass is 32.2. The lowest BCUT2D eigenvalue weighted by Gasteiger charge is -2.31. The number of sulfonamides is 1. The van der Waals surface area contributed by atoms with Gasteiger partial charge in [0, 0.05) is 19.5 Å². The van der Waals surface area contributed by atoms with Crippen molar-refractivity contribution < 1.29 is 18.3 Å². The minimum atomic E-state index is -3.28. The summed E-state index contributed by atoms with van der Waals surface area (Å²) in [7, 11) is -3.28. The minimum absolute atomic E-state index is 0.0516. The van der Waals surface area contributed by atoms with E-state index >= 15 is 0 Å². The van der Waals surface area contributed by atoms with Crippen molar-refractivity contribution in [3.05, 3.63) is 35.9 Å². The quantitative estimate of drug-likeness (QED) is 0.833. The fraction of sp³-hybridized carbons (Fsp3) is 0.562. The van der Waals surface area contributed by atoms with Crippen LogP contribution in [-0.4, -0.2) is 42.6 Å². The Kier molecular flexibility index (Phi) is 5.97. The van der Waals surface area contributed by atoms with Crippen molar-refractivity contribution in [1.82, 2.24) is 4.31 Å². The summed E-state index contributed by atoms with van der Waals surface area (Å²) in [6, 6.07) is 9.83. The molecule has 1 saturated heterocycles. The smallest absolute Gasteiger partial charge is 0.303 e. The number of carboxylic acids is 1. The normalized spacial score (nSPS) is 19.9. The van der Waals surface area contributed by atoms with Crippen LogP contribution in [0.25, 0.3) is 0 Å². The van der Waals surface area contributed by atoms with Gasteiger partial charge in [0.2, 0.25) is 10.0 Å². The van der Waals surface area contributed by atoms with Gasteiger partial charge in [-0.1, -0.05) is 30.3 Å². The van der Waals surface area contributed by atoms with Gasteiger partial charge in [0.05, 0.1) is 5.75 Å². The average molecular weight is 325 g/mol. The fourth-order valence-corrected chi connectivity index (χ4v) is 4.54. The predicted octanol–water partition coefficient (Wildman–Crippen LogP) is 2.14. The maximum atomic E-state index is 12.4. The van der Waals surface area contributed by atoms with Gasteiger partial charge in [0.25, 0.3) is 0 Å². The minimum Gasteiger partial charge on any atom is -0.481 e. The molecule has 5 nitrogen and oxygen atoms in total. The van der Waals surface area contributed by atoms with Crippen LogP contribution in [0.3, 0.4) is 0 Å². The van der Waals surface area contributed by atoms with E-state index in [1.165, 1.54) is 4.31 Å². The molecule has 22 heavy (non-hydrogen) atoms. The molecule has 1 heterocycles. The Morgan fingerprint density at radius 1 is 1.27 bits per heavy atom. The number of aliphatic carboxylic acids is 1. The molecule has 1 aliphatic heterocycles. The summed E-state index contributed by atoms with van der Waals surface area (Å²) < 4.78 is 26.3. The zero-order valence-electron chi connectivity index (χ0n) is 12.6. The third kappa shape index (κ3) is 5.10. The van der Waals surface area contributed by atoms with Crippen LogP contribution >= 0.6 is 0 Å². The number of nitrogens with zero attached hydrogens (tertiary/aromatic N) is 1. The first-order chi connectivity index (χ1) is 10.5. The number of piperidine rings is 1. The molecule has 0 saturated carbocycles. The molecule has 0 bridgehead atoms. The molecule has 1 aliphatic rings. The Bertz CT molecular complexity index is 585. The Morgan fingerprint density at radius 2 is 2.00 bits per heavy atom. The molecular formula is C16H23NO4S. The van der Waals surface area contributed by atoms with Crippen molar-refractivity contribution in [2.45, 2.75) is 32.1 Å². The Morgan fingerprint density at radius 3 is 2.68 bits per heavy atom. The van der Waals surface area contributed by atoms with Gasteiger partial charge in [0.1, 0.15) is 0 Å². The maximum Gasteiger partial charge on any atom is 0.303 e. The predicted molar refractivity (Wildman–Crippen MR) is 85.1 cm³/mol. The van der Waals surface area contributed by atoms with E-state index in [2.05, 4.69) is 0 Å². The molecule has 1 fully saturated rings. The molecule has 0 spiro atoms. The summed E-state index contributed by atoms with van der Waals surface area (Å²) in [6.07, 6.45) is 2.92. The highest BCUT2D eigenvalue weighted by Gasteiger charge is 2.29. The first-order valence-corrected chi connectivity index (χ1v) is 9.32. The zero-order chi connectivity index (χ0) is 16.0. The summed E-state index contributed by atoms with van der Waals surface area (Å²) in [5.74, 6) is -0.787. The number of hydrogen-bond donors (Lipinski definition) is 1. The molecule has 1 atom stereocenters. The molecule has 122 valence electrons. The molecule has 1 unspecified atom stereocenters. The highest BCUT2D eigenvalue weighted by Crippen LogP contribution is 2.22. The number of benzene rings is 1. The van der Waals surface area contributed by atoms with Crippen molar-refractivity contribution in [2.24, 2.45) is 5.92 Å². The van der Waals surface area contributed by atoms with Crippen molar-refractivity contribution >= 4 is 16.0 Å². The second kappa shape index (κ2) is 7.74. The molecule has 1 N–H and O–H groups in total. The van der Waals surface area contributed by atoms with Gasteiger partial charge in [-0.05, 0) is 37.2 Å². The second-order valence-electron chi connectivity index (χ2n) is 5.87. The molecule has 6 heteroatoms. The monoisotopic (exact) mass is 325 g/mol. The molecule has 0 amide bonds. The number of carboxylic acid groups (broad SMARTS) is 1. The van der Waals surface area contributed by atoms with Crippen molar-refractivity contribution in [1.29, 1.82) is 0 Å². The number of rotatable bonds is 7. The van der Waals surface area contributed by atoms with Crippen LogP contribution in [0.15, 0.2) is 30.3 Å². The first-order valence-electron chi connectivity index (χ1n) is 7.71. The van der Waals surface area contributed by atoms with Crippen molar-refractivity contribution in [3.8, 4) is 0 Å². The van der Waals surface area contributed by atoms with Gasteiger partial charge < -0.3 is 5.11 Å². The number of hydrogen-bond acceptors (Lipinski definition) is 3. The number of carbonyl (C=O) groups is 1. The van der Waals surface area contributed by atoms with Crippen LogP contribution in [0, 0.1) is 5.92 Å². The van der Waals surface area contributed by atoms with Crippen LogP contribution in [0.2, 0.25) is 0 Å². The summed E-state index contributed by atoms with van der Waals surface area (Å²) in [5, 5.41) is 8.85. The summed E-state index contributed by atoms with van der Waals surface area (Å²) >= 11 is 0. The summed E-state index contributed by atoms with van der Waals surface area (Å²) in [6.45, 7) is 0.865. The third-order valence-corrected chi connectivity index (χ3v) is 5.97. The first kappa shape index (κ1) is 17.0. The molecule has 1 aromatic rings. The highest BCUT2D eigenvalue weighted by molar-refractivity contribution is 7.89. The lowest BCUT2D eigenvalue weighted by molar-refractivity contribution is -0.138. The van der Waals surface area contributed by atoms with E-state index in [0.29, 0.717) is 19.5 Å². The van der Waals surface area contributed by atoms with Crippen molar-refractivity contribution in [2.75, 3.05) is 18.8 Å². The largest absolute Gasteiger partial charge is 0.481 e. The van der Waals surface area contributed by atoms with Crippen LogP contribution in [0.5, 0.6) is 0 Å². The summed E-state index contributed by atoms with van der Waals surface area (Å²) in [4.78, 5) is 10.8. The Hall–Kier alpha value is -1.40. The summed E-state index contributed by atoms with van der Waals surface area (Å²) in [5.41, 5.74) is 1.14.